The first-order valence-electron chi connectivity index (χ1n) is 8.37. The Morgan fingerprint density at radius 1 is 1.08 bits per heavy atom. The number of nitrogens with zero attached hydrogens (tertiary/aromatic N) is 1. The van der Waals surface area contributed by atoms with Gasteiger partial charge in [0, 0.05) is 5.56 Å². The number of phenols is 1. The summed E-state index contributed by atoms with van der Waals surface area (Å²) in [7, 11) is 3.03. The standard InChI is InChI=1S/C20H21NO5/c1-12-14-5-4-6-16(15(14)8-9-17(12)22)21-26-20(23)13-7-10-18(24-2)19(11-13)25-3/h7-11,22H,4-6H2,1-3H3/b21-16+. The molecule has 0 radical (unpaired) electrons. The zero-order valence-corrected chi connectivity index (χ0v) is 15.0. The third-order valence-electron chi connectivity index (χ3n) is 4.58. The Morgan fingerprint density at radius 3 is 2.58 bits per heavy atom. The third kappa shape index (κ3) is 3.35. The molecule has 1 aliphatic carbocycles. The summed E-state index contributed by atoms with van der Waals surface area (Å²) in [5.41, 5.74) is 3.86. The Bertz CT molecular complexity index is 873. The van der Waals surface area contributed by atoms with E-state index in [0.717, 1.165) is 36.0 Å². The van der Waals surface area contributed by atoms with Crippen molar-refractivity contribution in [2.75, 3.05) is 14.2 Å². The summed E-state index contributed by atoms with van der Waals surface area (Å²) in [6, 6.07) is 8.26. The molecule has 0 bridgehead atoms. The third-order valence-corrected chi connectivity index (χ3v) is 4.58. The Kier molecular flexibility index (Phi) is 5.11. The zero-order chi connectivity index (χ0) is 18.7. The van der Waals surface area contributed by atoms with Crippen molar-refractivity contribution in [1.82, 2.24) is 0 Å². The minimum atomic E-state index is -0.568. The largest absolute Gasteiger partial charge is 0.508 e. The highest BCUT2D eigenvalue weighted by Gasteiger charge is 2.20. The first-order chi connectivity index (χ1) is 12.5. The summed E-state index contributed by atoms with van der Waals surface area (Å²) in [6.07, 6.45) is 2.48. The van der Waals surface area contributed by atoms with Crippen molar-refractivity contribution in [3.05, 3.63) is 52.6 Å². The monoisotopic (exact) mass is 355 g/mol. The van der Waals surface area contributed by atoms with Crippen molar-refractivity contribution in [2.45, 2.75) is 26.2 Å². The number of hydrogen-bond donors (Lipinski definition) is 1. The van der Waals surface area contributed by atoms with E-state index in [4.69, 9.17) is 14.3 Å². The Hall–Kier alpha value is -3.02. The molecule has 1 N–H and O–H groups in total. The van der Waals surface area contributed by atoms with Gasteiger partial charge in [-0.2, -0.15) is 0 Å². The average Bonchev–Trinajstić information content (AvgIpc) is 2.68. The van der Waals surface area contributed by atoms with Gasteiger partial charge < -0.3 is 19.4 Å². The number of ether oxygens (including phenoxy) is 2. The number of rotatable bonds is 4. The summed E-state index contributed by atoms with van der Waals surface area (Å²) in [5.74, 6) is 0.684. The van der Waals surface area contributed by atoms with Crippen LogP contribution in [0.2, 0.25) is 0 Å². The van der Waals surface area contributed by atoms with Crippen LogP contribution in [0, 0.1) is 6.92 Å². The van der Waals surface area contributed by atoms with E-state index in [1.807, 2.05) is 13.0 Å². The normalized spacial score (nSPS) is 14.7. The van der Waals surface area contributed by atoms with E-state index in [1.54, 1.807) is 24.3 Å². The van der Waals surface area contributed by atoms with Gasteiger partial charge in [0.05, 0.1) is 25.5 Å². The summed E-state index contributed by atoms with van der Waals surface area (Å²) >= 11 is 0. The maximum Gasteiger partial charge on any atom is 0.365 e. The first kappa shape index (κ1) is 17.8. The van der Waals surface area contributed by atoms with E-state index in [1.165, 1.54) is 14.2 Å². The van der Waals surface area contributed by atoms with Gasteiger partial charge in [0.15, 0.2) is 11.5 Å². The molecule has 0 saturated carbocycles. The van der Waals surface area contributed by atoms with Gasteiger partial charge in [-0.15, -0.1) is 0 Å². The van der Waals surface area contributed by atoms with Gasteiger partial charge in [0.2, 0.25) is 0 Å². The fraction of sp³-hybridized carbons (Fsp3) is 0.300. The number of oxime groups is 1. The van der Waals surface area contributed by atoms with Crippen molar-refractivity contribution >= 4 is 11.7 Å². The highest BCUT2D eigenvalue weighted by Crippen LogP contribution is 2.31. The van der Waals surface area contributed by atoms with Gasteiger partial charge in [-0.1, -0.05) is 5.16 Å². The van der Waals surface area contributed by atoms with E-state index >= 15 is 0 Å². The lowest BCUT2D eigenvalue weighted by molar-refractivity contribution is 0.0515. The topological polar surface area (TPSA) is 77.4 Å². The van der Waals surface area contributed by atoms with Crippen molar-refractivity contribution < 1.29 is 24.2 Å². The SMILES string of the molecule is COc1ccc(C(=O)O/N=C2\CCCc3c2ccc(O)c3C)cc1OC. The molecular formula is C20H21NO5. The Balaban J connectivity index is 1.83. The van der Waals surface area contributed by atoms with E-state index in [-0.39, 0.29) is 5.75 Å². The molecule has 1 aliphatic rings. The second-order valence-electron chi connectivity index (χ2n) is 6.08. The lowest BCUT2D eigenvalue weighted by Gasteiger charge is -2.19. The van der Waals surface area contributed by atoms with Crippen LogP contribution in [-0.2, 0) is 11.3 Å². The molecule has 0 spiro atoms. The molecule has 26 heavy (non-hydrogen) atoms. The summed E-state index contributed by atoms with van der Waals surface area (Å²) < 4.78 is 10.4. The smallest absolute Gasteiger partial charge is 0.365 e. The van der Waals surface area contributed by atoms with Crippen LogP contribution in [-0.4, -0.2) is 31.0 Å². The molecule has 0 aliphatic heterocycles. The molecule has 2 aromatic rings. The molecule has 6 heteroatoms. The van der Waals surface area contributed by atoms with E-state index < -0.39 is 5.97 Å². The maximum atomic E-state index is 12.3. The number of methoxy groups -OCH3 is 2. The number of aromatic hydroxyl groups is 1. The molecular weight excluding hydrogens is 334 g/mol. The van der Waals surface area contributed by atoms with Gasteiger partial charge in [-0.25, -0.2) is 4.79 Å². The minimum Gasteiger partial charge on any atom is -0.508 e. The molecule has 0 saturated heterocycles. The summed E-state index contributed by atoms with van der Waals surface area (Å²) in [5, 5.41) is 14.0. The fourth-order valence-electron chi connectivity index (χ4n) is 3.11. The Labute approximate surface area is 152 Å². The highest BCUT2D eigenvalue weighted by atomic mass is 16.7. The average molecular weight is 355 g/mol. The van der Waals surface area contributed by atoms with Gasteiger partial charge >= 0.3 is 5.97 Å². The predicted octanol–water partition coefficient (Wildman–Crippen LogP) is 3.62. The van der Waals surface area contributed by atoms with Gasteiger partial charge in [0.1, 0.15) is 5.75 Å². The number of phenolic OH excluding ortho intramolecular Hbond substituents is 1. The molecule has 0 atom stereocenters. The van der Waals surface area contributed by atoms with Crippen LogP contribution in [0.25, 0.3) is 0 Å². The van der Waals surface area contributed by atoms with E-state index in [2.05, 4.69) is 5.16 Å². The lowest BCUT2D eigenvalue weighted by atomic mass is 9.87. The second-order valence-corrected chi connectivity index (χ2v) is 6.08. The predicted molar refractivity (Wildman–Crippen MR) is 97.3 cm³/mol. The molecule has 2 aromatic carbocycles. The van der Waals surface area contributed by atoms with Crippen LogP contribution >= 0.6 is 0 Å². The molecule has 0 fully saturated rings. The van der Waals surface area contributed by atoms with Crippen molar-refractivity contribution in [2.24, 2.45) is 5.16 Å². The summed E-state index contributed by atoms with van der Waals surface area (Å²) in [4.78, 5) is 17.5. The number of carbonyl (C=O) groups is 1. The minimum absolute atomic E-state index is 0.271. The van der Waals surface area contributed by atoms with Crippen LogP contribution in [0.4, 0.5) is 0 Å². The second kappa shape index (κ2) is 7.47. The van der Waals surface area contributed by atoms with Crippen LogP contribution in [0.5, 0.6) is 17.2 Å². The maximum absolute atomic E-state index is 12.3. The van der Waals surface area contributed by atoms with Crippen molar-refractivity contribution in [3.8, 4) is 17.2 Å². The molecule has 0 amide bonds. The molecule has 3 rings (SSSR count). The van der Waals surface area contributed by atoms with Crippen LogP contribution in [0.1, 0.15) is 39.9 Å². The van der Waals surface area contributed by atoms with Gasteiger partial charge in [-0.3, -0.25) is 0 Å². The zero-order valence-electron chi connectivity index (χ0n) is 15.0. The number of fused-ring (bicyclic) bond motifs is 1. The number of carbonyl (C=O) groups excluding carboxylic acids is 1. The lowest BCUT2D eigenvalue weighted by Crippen LogP contribution is -2.15. The quantitative estimate of drug-likeness (QED) is 0.669. The highest BCUT2D eigenvalue weighted by molar-refractivity contribution is 6.03. The summed E-state index contributed by atoms with van der Waals surface area (Å²) in [6.45, 7) is 1.88. The molecule has 136 valence electrons. The number of hydrogen-bond acceptors (Lipinski definition) is 6. The molecule has 0 aromatic heterocycles. The van der Waals surface area contributed by atoms with Crippen LogP contribution in [0.3, 0.4) is 0 Å². The molecule has 6 nitrogen and oxygen atoms in total. The number of benzene rings is 2. The van der Waals surface area contributed by atoms with Crippen molar-refractivity contribution in [3.63, 3.8) is 0 Å². The fourth-order valence-corrected chi connectivity index (χ4v) is 3.11. The van der Waals surface area contributed by atoms with Gasteiger partial charge in [-0.05, 0) is 67.6 Å². The van der Waals surface area contributed by atoms with Crippen molar-refractivity contribution in [1.29, 1.82) is 0 Å². The van der Waals surface area contributed by atoms with Crippen LogP contribution in [0.15, 0.2) is 35.5 Å². The van der Waals surface area contributed by atoms with E-state index in [9.17, 15) is 9.90 Å². The molecule has 0 heterocycles. The Morgan fingerprint density at radius 2 is 1.85 bits per heavy atom. The van der Waals surface area contributed by atoms with E-state index in [0.29, 0.717) is 22.8 Å². The molecule has 0 unspecified atom stereocenters. The van der Waals surface area contributed by atoms with Crippen LogP contribution < -0.4 is 9.47 Å². The first-order valence-corrected chi connectivity index (χ1v) is 8.37. The van der Waals surface area contributed by atoms with Gasteiger partial charge in [0.25, 0.3) is 0 Å².